The molecule has 5 nitrogen and oxygen atoms in total. The Kier molecular flexibility index (Phi) is 46.0. The van der Waals surface area contributed by atoms with Crippen molar-refractivity contribution < 1.29 is 23.8 Å². The van der Waals surface area contributed by atoms with E-state index in [0.717, 1.165) is 70.6 Å². The predicted molar refractivity (Wildman–Crippen MR) is 251 cm³/mol. The third kappa shape index (κ3) is 45.8. The summed E-state index contributed by atoms with van der Waals surface area (Å²) in [6.45, 7) is 7.54. The van der Waals surface area contributed by atoms with Gasteiger partial charge in [-0.3, -0.25) is 9.59 Å². The molecule has 0 saturated carbocycles. The molecule has 0 amide bonds. The zero-order chi connectivity index (χ0) is 42.1. The van der Waals surface area contributed by atoms with E-state index in [2.05, 4.69) is 99.8 Å². The van der Waals surface area contributed by atoms with Crippen LogP contribution < -0.4 is 0 Å². The van der Waals surface area contributed by atoms with E-state index in [-0.39, 0.29) is 25.2 Å². The topological polar surface area (TPSA) is 61.8 Å². The van der Waals surface area contributed by atoms with Gasteiger partial charge < -0.3 is 14.2 Å². The van der Waals surface area contributed by atoms with Crippen LogP contribution in [-0.4, -0.2) is 37.9 Å². The maximum absolute atomic E-state index is 12.7. The van der Waals surface area contributed by atoms with E-state index in [9.17, 15) is 9.59 Å². The molecule has 0 aliphatic heterocycles. The summed E-state index contributed by atoms with van der Waals surface area (Å²) >= 11 is 0. The minimum atomic E-state index is -0.574. The Bertz CT molecular complexity index is 1090. The second-order valence-corrected chi connectivity index (χ2v) is 15.6. The molecule has 0 radical (unpaired) electrons. The summed E-state index contributed by atoms with van der Waals surface area (Å²) in [7, 11) is 0. The molecule has 0 N–H and O–H groups in total. The number of rotatable bonds is 43. The molecule has 0 spiro atoms. The molecule has 0 bridgehead atoms. The molecule has 1 unspecified atom stereocenters. The van der Waals surface area contributed by atoms with Gasteiger partial charge in [0.05, 0.1) is 6.61 Å². The van der Waals surface area contributed by atoms with Gasteiger partial charge in [0, 0.05) is 19.4 Å². The Morgan fingerprint density at radius 2 is 0.828 bits per heavy atom. The Balaban J connectivity index is 4.34. The number of allylic oxidation sites excluding steroid dienone is 14. The number of esters is 2. The number of unbranched alkanes of at least 4 members (excludes halogenated alkanes) is 18. The van der Waals surface area contributed by atoms with Crippen LogP contribution in [0.2, 0.25) is 0 Å². The minimum absolute atomic E-state index is 0.0382. The first kappa shape index (κ1) is 55.1. The van der Waals surface area contributed by atoms with E-state index >= 15 is 0 Å². The SMILES string of the molecule is CC/C=C\C/C=C\C/C=C\C/C=C\CCC(=O)OCC(COCCCCCCCCCC/C=C\C/C=C\CCCCC)OC(=O)CCCCCCC/C=C\CCCC. The minimum Gasteiger partial charge on any atom is -0.462 e. The Hall–Kier alpha value is -2.92. The first-order valence-corrected chi connectivity index (χ1v) is 24.1. The van der Waals surface area contributed by atoms with Gasteiger partial charge in [-0.25, -0.2) is 0 Å². The van der Waals surface area contributed by atoms with Gasteiger partial charge in [0.15, 0.2) is 6.10 Å². The smallest absolute Gasteiger partial charge is 0.306 e. The molecular formula is C53H90O5. The lowest BCUT2D eigenvalue weighted by Crippen LogP contribution is -2.30. The lowest BCUT2D eigenvalue weighted by atomic mass is 10.1. The molecule has 0 heterocycles. The fraction of sp³-hybridized carbons (Fsp3) is 0.698. The molecule has 0 aliphatic rings. The second kappa shape index (κ2) is 48.4. The normalized spacial score (nSPS) is 12.9. The van der Waals surface area contributed by atoms with E-state index < -0.39 is 6.10 Å². The molecule has 0 aliphatic carbocycles. The standard InChI is InChI=1S/C53H90O5/c1-4-7-10-13-16-19-22-24-25-26-27-28-30-33-36-39-42-45-48-56-49-51(58-53(55)47-44-41-38-35-31-21-18-15-12-9-6-3)50-57-52(54)46-43-40-37-34-32-29-23-20-17-14-11-8-5-2/h8,11,15-20,24-25,29,32,37,40,51H,4-7,9-10,12-14,21-23,26-28,30-31,33-36,38-39,41-50H2,1-3H3/b11-8-,18-15-,19-16-,20-17-,25-24-,32-29-,40-37-. The summed E-state index contributed by atoms with van der Waals surface area (Å²) in [4.78, 5) is 25.2. The van der Waals surface area contributed by atoms with Gasteiger partial charge in [0.25, 0.3) is 0 Å². The zero-order valence-corrected chi connectivity index (χ0v) is 38.0. The Labute approximate surface area is 359 Å². The van der Waals surface area contributed by atoms with Crippen LogP contribution in [0.3, 0.4) is 0 Å². The monoisotopic (exact) mass is 807 g/mol. The van der Waals surface area contributed by atoms with Crippen LogP contribution in [0.1, 0.15) is 213 Å². The highest BCUT2D eigenvalue weighted by Crippen LogP contribution is 2.12. The van der Waals surface area contributed by atoms with Crippen LogP contribution in [-0.2, 0) is 23.8 Å². The quantitative estimate of drug-likeness (QED) is 0.0349. The largest absolute Gasteiger partial charge is 0.462 e. The third-order valence-electron chi connectivity index (χ3n) is 9.90. The molecule has 0 aromatic carbocycles. The van der Waals surface area contributed by atoms with Crippen molar-refractivity contribution in [2.75, 3.05) is 19.8 Å². The molecule has 1 atom stereocenters. The van der Waals surface area contributed by atoms with Gasteiger partial charge in [0.1, 0.15) is 6.61 Å². The molecule has 0 aromatic heterocycles. The second-order valence-electron chi connectivity index (χ2n) is 15.6. The molecular weight excluding hydrogens is 717 g/mol. The number of hydrogen-bond acceptors (Lipinski definition) is 5. The summed E-state index contributed by atoms with van der Waals surface area (Å²) < 4.78 is 17.3. The van der Waals surface area contributed by atoms with Gasteiger partial charge >= 0.3 is 11.9 Å². The molecule has 5 heteroatoms. The van der Waals surface area contributed by atoms with Gasteiger partial charge in [-0.05, 0) is 96.3 Å². The van der Waals surface area contributed by atoms with Crippen molar-refractivity contribution in [3.05, 3.63) is 85.1 Å². The van der Waals surface area contributed by atoms with Crippen LogP contribution in [0.25, 0.3) is 0 Å². The number of carbonyl (C=O) groups excluding carboxylic acids is 2. The van der Waals surface area contributed by atoms with Crippen molar-refractivity contribution in [2.45, 2.75) is 219 Å². The van der Waals surface area contributed by atoms with Crippen molar-refractivity contribution >= 4 is 11.9 Å². The number of hydrogen-bond donors (Lipinski definition) is 0. The van der Waals surface area contributed by atoms with Crippen molar-refractivity contribution in [3.8, 4) is 0 Å². The summed E-state index contributed by atoms with van der Waals surface area (Å²) in [5, 5.41) is 0. The molecule has 0 aromatic rings. The van der Waals surface area contributed by atoms with Crippen molar-refractivity contribution in [2.24, 2.45) is 0 Å². The Morgan fingerprint density at radius 3 is 1.38 bits per heavy atom. The fourth-order valence-corrected chi connectivity index (χ4v) is 6.30. The van der Waals surface area contributed by atoms with E-state index in [0.29, 0.717) is 25.9 Å². The molecule has 0 saturated heterocycles. The highest BCUT2D eigenvalue weighted by Gasteiger charge is 2.17. The molecule has 0 fully saturated rings. The van der Waals surface area contributed by atoms with Gasteiger partial charge in [-0.15, -0.1) is 0 Å². The highest BCUT2D eigenvalue weighted by molar-refractivity contribution is 5.70. The van der Waals surface area contributed by atoms with Crippen LogP contribution in [0, 0.1) is 0 Å². The molecule has 0 rings (SSSR count). The summed E-state index contributed by atoms with van der Waals surface area (Å²) in [6, 6.07) is 0. The van der Waals surface area contributed by atoms with Crippen LogP contribution >= 0.6 is 0 Å². The van der Waals surface area contributed by atoms with E-state index in [1.54, 1.807) is 0 Å². The summed E-state index contributed by atoms with van der Waals surface area (Å²) in [6.07, 6.45) is 63.1. The summed E-state index contributed by atoms with van der Waals surface area (Å²) in [5.41, 5.74) is 0. The highest BCUT2D eigenvalue weighted by atomic mass is 16.6. The lowest BCUT2D eigenvalue weighted by molar-refractivity contribution is -0.162. The first-order valence-electron chi connectivity index (χ1n) is 24.1. The van der Waals surface area contributed by atoms with Crippen molar-refractivity contribution in [3.63, 3.8) is 0 Å². The van der Waals surface area contributed by atoms with Gasteiger partial charge in [-0.2, -0.15) is 0 Å². The maximum Gasteiger partial charge on any atom is 0.306 e. The zero-order valence-electron chi connectivity index (χ0n) is 38.0. The number of ether oxygens (including phenoxy) is 3. The summed E-state index contributed by atoms with van der Waals surface area (Å²) in [5.74, 6) is -0.509. The van der Waals surface area contributed by atoms with Crippen LogP contribution in [0.4, 0.5) is 0 Å². The van der Waals surface area contributed by atoms with Crippen molar-refractivity contribution in [1.29, 1.82) is 0 Å². The lowest BCUT2D eigenvalue weighted by Gasteiger charge is -2.18. The fourth-order valence-electron chi connectivity index (χ4n) is 6.30. The van der Waals surface area contributed by atoms with Crippen molar-refractivity contribution in [1.82, 2.24) is 0 Å². The van der Waals surface area contributed by atoms with Crippen LogP contribution in [0.5, 0.6) is 0 Å². The van der Waals surface area contributed by atoms with Gasteiger partial charge in [-0.1, -0.05) is 189 Å². The third-order valence-corrected chi connectivity index (χ3v) is 9.90. The first-order chi connectivity index (χ1) is 28.6. The average molecular weight is 807 g/mol. The Morgan fingerprint density at radius 1 is 0.397 bits per heavy atom. The number of carbonyl (C=O) groups is 2. The molecule has 58 heavy (non-hydrogen) atoms. The van der Waals surface area contributed by atoms with E-state index in [1.165, 1.54) is 103 Å². The maximum atomic E-state index is 12.7. The average Bonchev–Trinajstić information content (AvgIpc) is 3.22. The molecule has 332 valence electrons. The van der Waals surface area contributed by atoms with Gasteiger partial charge in [0.2, 0.25) is 0 Å². The van der Waals surface area contributed by atoms with E-state index in [1.807, 2.05) is 6.08 Å². The van der Waals surface area contributed by atoms with E-state index in [4.69, 9.17) is 14.2 Å². The van der Waals surface area contributed by atoms with Crippen LogP contribution in [0.15, 0.2) is 85.1 Å². The predicted octanol–water partition coefficient (Wildman–Crippen LogP) is 16.1.